The van der Waals surface area contributed by atoms with Crippen LogP contribution in [0.15, 0.2) is 42.5 Å². The van der Waals surface area contributed by atoms with Gasteiger partial charge in [-0.15, -0.1) is 0 Å². The lowest BCUT2D eigenvalue weighted by atomic mass is 9.88. The Kier molecular flexibility index (Phi) is 3.42. The molecule has 2 rings (SSSR count). The first-order valence-electron chi connectivity index (χ1n) is 5.58. The molecule has 0 bridgehead atoms. The maximum atomic E-state index is 13.0. The molecule has 0 heterocycles. The molecule has 1 aliphatic carbocycles. The van der Waals surface area contributed by atoms with Gasteiger partial charge in [-0.05, 0) is 12.0 Å². The van der Waals surface area contributed by atoms with Crippen LogP contribution in [0.25, 0.3) is 0 Å². The van der Waals surface area contributed by atoms with Crippen LogP contribution in [0, 0.1) is 10.1 Å². The number of halogens is 3. The minimum absolute atomic E-state index is 0.0682. The van der Waals surface area contributed by atoms with Crippen LogP contribution in [0.3, 0.4) is 0 Å². The average Bonchev–Trinajstić information content (AvgIpc) is 2.38. The molecule has 0 spiro atoms. The van der Waals surface area contributed by atoms with E-state index in [0.717, 1.165) is 6.07 Å². The standard InChI is InChI=1S/C13H10F3NO2/c14-13(15,16)12-8-10(17(18)19)6-7-11(12)9-4-2-1-3-5-9/h1-4,6-9H,5H2. The van der Waals surface area contributed by atoms with Crippen molar-refractivity contribution in [2.45, 2.75) is 18.5 Å². The second-order valence-corrected chi connectivity index (χ2v) is 4.18. The fraction of sp³-hybridized carbons (Fsp3) is 0.231. The maximum Gasteiger partial charge on any atom is 0.416 e. The second kappa shape index (κ2) is 4.87. The van der Waals surface area contributed by atoms with Crippen molar-refractivity contribution in [1.29, 1.82) is 0 Å². The van der Waals surface area contributed by atoms with Crippen LogP contribution in [0.5, 0.6) is 0 Å². The lowest BCUT2D eigenvalue weighted by Gasteiger charge is -2.19. The highest BCUT2D eigenvalue weighted by Crippen LogP contribution is 2.39. The molecule has 0 aliphatic heterocycles. The number of non-ortho nitro benzene ring substituents is 1. The van der Waals surface area contributed by atoms with E-state index in [1.165, 1.54) is 6.07 Å². The monoisotopic (exact) mass is 269 g/mol. The highest BCUT2D eigenvalue weighted by atomic mass is 19.4. The van der Waals surface area contributed by atoms with E-state index in [-0.39, 0.29) is 5.56 Å². The van der Waals surface area contributed by atoms with E-state index in [9.17, 15) is 23.3 Å². The first-order valence-corrected chi connectivity index (χ1v) is 5.58. The van der Waals surface area contributed by atoms with Crippen molar-refractivity contribution >= 4 is 5.69 Å². The van der Waals surface area contributed by atoms with Gasteiger partial charge in [-0.2, -0.15) is 13.2 Å². The number of hydrogen-bond acceptors (Lipinski definition) is 2. The fourth-order valence-corrected chi connectivity index (χ4v) is 2.04. The number of alkyl halides is 3. The number of hydrogen-bond donors (Lipinski definition) is 0. The summed E-state index contributed by atoms with van der Waals surface area (Å²) in [5, 5.41) is 10.6. The zero-order valence-corrected chi connectivity index (χ0v) is 9.72. The molecule has 3 nitrogen and oxygen atoms in total. The predicted octanol–water partition coefficient (Wildman–Crippen LogP) is 4.21. The Balaban J connectivity index is 2.51. The van der Waals surface area contributed by atoms with E-state index in [1.54, 1.807) is 24.3 Å². The van der Waals surface area contributed by atoms with Gasteiger partial charge in [0.1, 0.15) is 0 Å². The van der Waals surface area contributed by atoms with E-state index >= 15 is 0 Å². The molecule has 6 heteroatoms. The van der Waals surface area contributed by atoms with Crippen molar-refractivity contribution in [2.75, 3.05) is 0 Å². The molecule has 0 saturated carbocycles. The van der Waals surface area contributed by atoms with Gasteiger partial charge in [-0.3, -0.25) is 10.1 Å². The predicted molar refractivity (Wildman–Crippen MR) is 63.7 cm³/mol. The topological polar surface area (TPSA) is 43.1 Å². The van der Waals surface area contributed by atoms with Crippen molar-refractivity contribution in [2.24, 2.45) is 0 Å². The van der Waals surface area contributed by atoms with E-state index in [2.05, 4.69) is 0 Å². The summed E-state index contributed by atoms with van der Waals surface area (Å²) in [6.07, 6.45) is 2.72. The van der Waals surface area contributed by atoms with Crippen LogP contribution in [0.2, 0.25) is 0 Å². The number of rotatable bonds is 2. The van der Waals surface area contributed by atoms with Gasteiger partial charge < -0.3 is 0 Å². The van der Waals surface area contributed by atoms with Gasteiger partial charge in [-0.1, -0.05) is 30.4 Å². The molecule has 0 saturated heterocycles. The summed E-state index contributed by atoms with van der Waals surface area (Å²) in [5.41, 5.74) is -1.42. The smallest absolute Gasteiger partial charge is 0.258 e. The van der Waals surface area contributed by atoms with Gasteiger partial charge in [0.15, 0.2) is 0 Å². The maximum absolute atomic E-state index is 13.0. The highest BCUT2D eigenvalue weighted by molar-refractivity contribution is 5.45. The molecular formula is C13H10F3NO2. The highest BCUT2D eigenvalue weighted by Gasteiger charge is 2.36. The van der Waals surface area contributed by atoms with Gasteiger partial charge in [0, 0.05) is 18.1 Å². The van der Waals surface area contributed by atoms with Crippen molar-refractivity contribution < 1.29 is 18.1 Å². The van der Waals surface area contributed by atoms with E-state index in [4.69, 9.17) is 0 Å². The minimum atomic E-state index is -4.60. The summed E-state index contributed by atoms with van der Waals surface area (Å²) in [7, 11) is 0. The third kappa shape index (κ3) is 2.83. The van der Waals surface area contributed by atoms with Gasteiger partial charge in [0.25, 0.3) is 5.69 Å². The Labute approximate surface area is 107 Å². The Hall–Kier alpha value is -2.11. The molecule has 0 fully saturated rings. The number of benzene rings is 1. The molecule has 0 radical (unpaired) electrons. The summed E-state index contributed by atoms with van der Waals surface area (Å²) in [6, 6.07) is 2.90. The quantitative estimate of drug-likeness (QED) is 0.596. The summed E-state index contributed by atoms with van der Waals surface area (Å²) < 4.78 is 38.9. The van der Waals surface area contributed by atoms with Crippen molar-refractivity contribution in [1.82, 2.24) is 0 Å². The Morgan fingerprint density at radius 2 is 2.00 bits per heavy atom. The van der Waals surface area contributed by atoms with Gasteiger partial charge in [-0.25, -0.2) is 0 Å². The molecule has 0 aromatic heterocycles. The molecular weight excluding hydrogens is 259 g/mol. The van der Waals surface area contributed by atoms with Crippen LogP contribution in [0.1, 0.15) is 23.5 Å². The second-order valence-electron chi connectivity index (χ2n) is 4.18. The van der Waals surface area contributed by atoms with Gasteiger partial charge in [0.05, 0.1) is 10.5 Å². The van der Waals surface area contributed by atoms with E-state index in [0.29, 0.717) is 12.5 Å². The van der Waals surface area contributed by atoms with E-state index < -0.39 is 28.3 Å². The minimum Gasteiger partial charge on any atom is -0.258 e. The number of nitro groups is 1. The van der Waals surface area contributed by atoms with Crippen LogP contribution < -0.4 is 0 Å². The number of nitro benzene ring substituents is 1. The number of allylic oxidation sites excluding steroid dienone is 4. The summed E-state index contributed by atoms with van der Waals surface area (Å²) in [5.74, 6) is -0.401. The first kappa shape index (κ1) is 13.3. The van der Waals surface area contributed by atoms with Crippen molar-refractivity contribution in [3.8, 4) is 0 Å². The Bertz CT molecular complexity index is 561. The molecule has 19 heavy (non-hydrogen) atoms. The van der Waals surface area contributed by atoms with Crippen LogP contribution in [0.4, 0.5) is 18.9 Å². The number of nitrogens with zero attached hydrogens (tertiary/aromatic N) is 1. The van der Waals surface area contributed by atoms with E-state index in [1.807, 2.05) is 0 Å². The molecule has 1 aromatic rings. The third-order valence-corrected chi connectivity index (χ3v) is 2.93. The van der Waals surface area contributed by atoms with Gasteiger partial charge in [0.2, 0.25) is 0 Å². The SMILES string of the molecule is O=[N+]([O-])c1ccc(C2C=CC=CC2)c(C(F)(F)F)c1. The zero-order valence-electron chi connectivity index (χ0n) is 9.72. The molecule has 0 N–H and O–H groups in total. The average molecular weight is 269 g/mol. The fourth-order valence-electron chi connectivity index (χ4n) is 2.04. The first-order chi connectivity index (χ1) is 8.89. The molecule has 100 valence electrons. The molecule has 1 atom stereocenters. The normalized spacial score (nSPS) is 18.6. The Morgan fingerprint density at radius 1 is 1.26 bits per heavy atom. The lowest BCUT2D eigenvalue weighted by molar-refractivity contribution is -0.385. The lowest BCUT2D eigenvalue weighted by Crippen LogP contribution is -2.12. The Morgan fingerprint density at radius 3 is 2.53 bits per heavy atom. The third-order valence-electron chi connectivity index (χ3n) is 2.93. The van der Waals surface area contributed by atoms with Crippen LogP contribution in [-0.4, -0.2) is 4.92 Å². The largest absolute Gasteiger partial charge is 0.416 e. The van der Waals surface area contributed by atoms with Crippen LogP contribution in [-0.2, 0) is 6.18 Å². The summed E-state index contributed by atoms with van der Waals surface area (Å²) in [4.78, 5) is 9.76. The van der Waals surface area contributed by atoms with Gasteiger partial charge >= 0.3 is 6.18 Å². The van der Waals surface area contributed by atoms with Crippen molar-refractivity contribution in [3.05, 3.63) is 63.7 Å². The summed E-state index contributed by atoms with van der Waals surface area (Å²) in [6.45, 7) is 0. The molecule has 1 aromatic carbocycles. The molecule has 1 aliphatic rings. The van der Waals surface area contributed by atoms with Crippen LogP contribution >= 0.6 is 0 Å². The zero-order chi connectivity index (χ0) is 14.0. The molecule has 1 unspecified atom stereocenters. The van der Waals surface area contributed by atoms with Crippen molar-refractivity contribution in [3.63, 3.8) is 0 Å². The summed E-state index contributed by atoms with van der Waals surface area (Å²) >= 11 is 0. The molecule has 0 amide bonds.